The fraction of sp³-hybridized carbons (Fsp3) is 1.00. The van der Waals surface area contributed by atoms with E-state index in [1.54, 1.807) is 0 Å². The number of hydrogen-bond donors (Lipinski definition) is 2. The van der Waals surface area contributed by atoms with E-state index in [1.807, 2.05) is 0 Å². The first kappa shape index (κ1) is 10.7. The van der Waals surface area contributed by atoms with Crippen LogP contribution in [0.5, 0.6) is 0 Å². The zero-order chi connectivity index (χ0) is 8.81. The Hall–Kier alpha value is 0.620. The van der Waals surface area contributed by atoms with Crippen LogP contribution in [0.15, 0.2) is 0 Å². The summed E-state index contributed by atoms with van der Waals surface area (Å²) in [5.74, 6) is 0. The average molecular weight is 216 g/mol. The maximum atomic E-state index is 8.95. The van der Waals surface area contributed by atoms with E-state index in [2.05, 4.69) is 0 Å². The van der Waals surface area contributed by atoms with Gasteiger partial charge in [0.05, 0.1) is 26.4 Å². The molecule has 8 heteroatoms. The molecule has 1 saturated heterocycles. The summed E-state index contributed by atoms with van der Waals surface area (Å²) >= 11 is 0. The van der Waals surface area contributed by atoms with Crippen LogP contribution in [-0.2, 0) is 18.1 Å². The molecule has 0 aromatic heterocycles. The molecule has 6 nitrogen and oxygen atoms in total. The van der Waals surface area contributed by atoms with Gasteiger partial charge >= 0.3 is 17.2 Å². The standard InChI is InChI=1S/C4H10O6P2/c5-11-7-1-2-8-12(6)10-4-3-9-11/h5-6H,1-4H2. The molecule has 12 heavy (non-hydrogen) atoms. The lowest BCUT2D eigenvalue weighted by Crippen LogP contribution is -2.07. The Morgan fingerprint density at radius 1 is 0.667 bits per heavy atom. The molecule has 2 N–H and O–H groups in total. The van der Waals surface area contributed by atoms with Gasteiger partial charge in [0.2, 0.25) is 0 Å². The van der Waals surface area contributed by atoms with Crippen molar-refractivity contribution < 1.29 is 27.9 Å². The SMILES string of the molecule is OP1OCCOP(O)OCCO1. The van der Waals surface area contributed by atoms with Crippen molar-refractivity contribution in [3.63, 3.8) is 0 Å². The van der Waals surface area contributed by atoms with Crippen molar-refractivity contribution in [1.29, 1.82) is 0 Å². The zero-order valence-electron chi connectivity index (χ0n) is 6.25. The third-order valence-electron chi connectivity index (χ3n) is 0.974. The van der Waals surface area contributed by atoms with Crippen molar-refractivity contribution >= 4 is 17.2 Å². The van der Waals surface area contributed by atoms with Gasteiger partial charge in [0, 0.05) is 0 Å². The third-order valence-corrected chi connectivity index (χ3v) is 2.59. The lowest BCUT2D eigenvalue weighted by Gasteiger charge is -2.15. The molecule has 1 heterocycles. The highest BCUT2D eigenvalue weighted by molar-refractivity contribution is 7.41. The maximum Gasteiger partial charge on any atom is 0.330 e. The molecule has 1 aliphatic heterocycles. The van der Waals surface area contributed by atoms with Gasteiger partial charge in [0.25, 0.3) is 0 Å². The molecule has 72 valence electrons. The van der Waals surface area contributed by atoms with E-state index in [-0.39, 0.29) is 26.4 Å². The van der Waals surface area contributed by atoms with E-state index in [1.165, 1.54) is 0 Å². The summed E-state index contributed by atoms with van der Waals surface area (Å²) in [5, 5.41) is 0. The van der Waals surface area contributed by atoms with Crippen LogP contribution in [-0.4, -0.2) is 36.2 Å². The highest BCUT2D eigenvalue weighted by Gasteiger charge is 2.12. The topological polar surface area (TPSA) is 77.4 Å². The smallest absolute Gasteiger partial charge is 0.328 e. The van der Waals surface area contributed by atoms with Crippen LogP contribution in [0.4, 0.5) is 0 Å². The summed E-state index contributed by atoms with van der Waals surface area (Å²) < 4.78 is 19.1. The van der Waals surface area contributed by atoms with Gasteiger partial charge in [-0.1, -0.05) is 0 Å². The summed E-state index contributed by atoms with van der Waals surface area (Å²) in [4.78, 5) is 17.9. The molecule has 0 aromatic rings. The summed E-state index contributed by atoms with van der Waals surface area (Å²) in [6.45, 7) is 0.742. The summed E-state index contributed by atoms with van der Waals surface area (Å²) in [7, 11) is -3.63. The molecule has 0 amide bonds. The molecular formula is C4H10O6P2. The van der Waals surface area contributed by atoms with Crippen molar-refractivity contribution in [2.45, 2.75) is 0 Å². The minimum absolute atomic E-state index is 0.185. The minimum atomic E-state index is -1.81. The second-order valence-electron chi connectivity index (χ2n) is 1.81. The Morgan fingerprint density at radius 2 is 0.917 bits per heavy atom. The van der Waals surface area contributed by atoms with Crippen molar-refractivity contribution in [3.8, 4) is 0 Å². The summed E-state index contributed by atoms with van der Waals surface area (Å²) in [6, 6.07) is 0. The van der Waals surface area contributed by atoms with Crippen LogP contribution in [0.3, 0.4) is 0 Å². The molecule has 1 aliphatic rings. The Kier molecular flexibility index (Phi) is 5.47. The first-order valence-corrected chi connectivity index (χ1v) is 5.55. The normalized spacial score (nSPS) is 34.5. The summed E-state index contributed by atoms with van der Waals surface area (Å²) in [5.41, 5.74) is 0. The van der Waals surface area contributed by atoms with Crippen molar-refractivity contribution in [2.24, 2.45) is 0 Å². The molecule has 1 rings (SSSR count). The van der Waals surface area contributed by atoms with Gasteiger partial charge in [-0.15, -0.1) is 0 Å². The Labute approximate surface area is 72.4 Å². The van der Waals surface area contributed by atoms with Crippen LogP contribution in [0, 0.1) is 0 Å². The van der Waals surface area contributed by atoms with Crippen molar-refractivity contribution in [3.05, 3.63) is 0 Å². The minimum Gasteiger partial charge on any atom is -0.328 e. The average Bonchev–Trinajstić information content (AvgIpc) is 2.06. The fourth-order valence-electron chi connectivity index (χ4n) is 0.536. The molecule has 0 spiro atoms. The van der Waals surface area contributed by atoms with Gasteiger partial charge in [-0.3, -0.25) is 0 Å². The molecular weight excluding hydrogens is 206 g/mol. The highest BCUT2D eigenvalue weighted by Crippen LogP contribution is 2.37. The molecule has 0 bridgehead atoms. The van der Waals surface area contributed by atoms with Gasteiger partial charge < -0.3 is 27.9 Å². The van der Waals surface area contributed by atoms with E-state index in [9.17, 15) is 0 Å². The van der Waals surface area contributed by atoms with E-state index in [0.29, 0.717) is 0 Å². The number of rotatable bonds is 0. The van der Waals surface area contributed by atoms with E-state index >= 15 is 0 Å². The van der Waals surface area contributed by atoms with E-state index < -0.39 is 17.2 Å². The van der Waals surface area contributed by atoms with E-state index in [4.69, 9.17) is 27.9 Å². The van der Waals surface area contributed by atoms with Crippen LogP contribution in [0.25, 0.3) is 0 Å². The predicted molar refractivity (Wildman–Crippen MR) is 42.1 cm³/mol. The first-order valence-electron chi connectivity index (χ1n) is 3.28. The first-order chi connectivity index (χ1) is 5.79. The Morgan fingerprint density at radius 3 is 1.17 bits per heavy atom. The summed E-state index contributed by atoms with van der Waals surface area (Å²) in [6.07, 6.45) is 0. The second kappa shape index (κ2) is 6.13. The maximum absolute atomic E-state index is 8.95. The lowest BCUT2D eigenvalue weighted by atomic mass is 10.8. The van der Waals surface area contributed by atoms with Crippen LogP contribution >= 0.6 is 17.2 Å². The van der Waals surface area contributed by atoms with Crippen LogP contribution in [0.1, 0.15) is 0 Å². The fourth-order valence-corrected chi connectivity index (χ4v) is 1.61. The quantitative estimate of drug-likeness (QED) is 0.574. The third kappa shape index (κ3) is 4.60. The molecule has 0 atom stereocenters. The zero-order valence-corrected chi connectivity index (χ0v) is 8.04. The van der Waals surface area contributed by atoms with Gasteiger partial charge in [-0.2, -0.15) is 0 Å². The molecule has 0 saturated carbocycles. The van der Waals surface area contributed by atoms with E-state index in [0.717, 1.165) is 0 Å². The Balaban J connectivity index is 2.20. The largest absolute Gasteiger partial charge is 0.330 e. The molecule has 1 fully saturated rings. The predicted octanol–water partition coefficient (Wildman–Crippen LogP) is 0.505. The molecule has 0 unspecified atom stereocenters. The molecule has 0 aliphatic carbocycles. The van der Waals surface area contributed by atoms with Crippen molar-refractivity contribution in [1.82, 2.24) is 0 Å². The second-order valence-corrected chi connectivity index (χ2v) is 3.79. The molecule has 0 aromatic carbocycles. The van der Waals surface area contributed by atoms with Gasteiger partial charge in [-0.25, -0.2) is 0 Å². The highest BCUT2D eigenvalue weighted by atomic mass is 31.2. The monoisotopic (exact) mass is 216 g/mol. The van der Waals surface area contributed by atoms with Crippen LogP contribution in [0.2, 0.25) is 0 Å². The van der Waals surface area contributed by atoms with Crippen LogP contribution < -0.4 is 0 Å². The van der Waals surface area contributed by atoms with Crippen molar-refractivity contribution in [2.75, 3.05) is 26.4 Å². The Bertz CT molecular complexity index is 98.1. The van der Waals surface area contributed by atoms with Gasteiger partial charge in [0.15, 0.2) is 0 Å². The number of hydrogen-bond acceptors (Lipinski definition) is 6. The van der Waals surface area contributed by atoms with Gasteiger partial charge in [-0.05, 0) is 0 Å². The lowest BCUT2D eigenvalue weighted by molar-refractivity contribution is 0.108. The molecule has 0 radical (unpaired) electrons. The van der Waals surface area contributed by atoms with Gasteiger partial charge in [0.1, 0.15) is 0 Å².